The number of ether oxygens (including phenoxy) is 1. The Morgan fingerprint density at radius 1 is 1.24 bits per heavy atom. The zero-order valence-electron chi connectivity index (χ0n) is 13.5. The molecule has 2 aromatic heterocycles. The van der Waals surface area contributed by atoms with Gasteiger partial charge in [-0.3, -0.25) is 9.78 Å². The normalized spacial score (nSPS) is 10.4. The molecule has 0 aliphatic carbocycles. The maximum absolute atomic E-state index is 11.9. The minimum absolute atomic E-state index is 0.109. The van der Waals surface area contributed by atoms with Crippen molar-refractivity contribution >= 4 is 17.7 Å². The summed E-state index contributed by atoms with van der Waals surface area (Å²) in [7, 11) is 1.62. The molecule has 0 fully saturated rings. The highest BCUT2D eigenvalue weighted by molar-refractivity contribution is 7.99. The Kier molecular flexibility index (Phi) is 5.63. The number of hydrogen-bond donors (Lipinski definition) is 1. The third kappa shape index (κ3) is 4.80. The number of rotatable bonds is 7. The Bertz CT molecular complexity index is 821. The average Bonchev–Trinajstić information content (AvgIpc) is 3.15. The molecule has 0 spiro atoms. The van der Waals surface area contributed by atoms with Gasteiger partial charge in [-0.2, -0.15) is 0 Å². The lowest BCUT2D eigenvalue weighted by Gasteiger charge is -2.05. The monoisotopic (exact) mass is 356 g/mol. The molecule has 128 valence electrons. The SMILES string of the molecule is COc1ccc(CNC(=O)CSc2nnc(-c3cccnc3)o2)cc1. The minimum atomic E-state index is -0.109. The summed E-state index contributed by atoms with van der Waals surface area (Å²) in [5.74, 6) is 1.26. The number of carbonyl (C=O) groups is 1. The second-order valence-electron chi connectivity index (χ2n) is 5.03. The number of thioether (sulfide) groups is 1. The van der Waals surface area contributed by atoms with Gasteiger partial charge < -0.3 is 14.5 Å². The van der Waals surface area contributed by atoms with Crippen molar-refractivity contribution in [1.82, 2.24) is 20.5 Å². The first-order valence-electron chi connectivity index (χ1n) is 7.51. The molecule has 2 heterocycles. The van der Waals surface area contributed by atoms with Crippen LogP contribution >= 0.6 is 11.8 Å². The summed E-state index contributed by atoms with van der Waals surface area (Å²) in [6.45, 7) is 0.453. The zero-order chi connectivity index (χ0) is 17.5. The number of amides is 1. The van der Waals surface area contributed by atoms with Crippen LogP contribution in [0.1, 0.15) is 5.56 Å². The molecule has 1 aromatic carbocycles. The summed E-state index contributed by atoms with van der Waals surface area (Å²) < 4.78 is 10.6. The van der Waals surface area contributed by atoms with E-state index >= 15 is 0 Å². The van der Waals surface area contributed by atoms with Crippen molar-refractivity contribution in [3.63, 3.8) is 0 Å². The van der Waals surface area contributed by atoms with Gasteiger partial charge in [-0.05, 0) is 29.8 Å². The van der Waals surface area contributed by atoms with Crippen LogP contribution in [-0.4, -0.2) is 34.0 Å². The minimum Gasteiger partial charge on any atom is -0.497 e. The summed E-state index contributed by atoms with van der Waals surface area (Å²) in [4.78, 5) is 15.9. The van der Waals surface area contributed by atoms with Crippen LogP contribution in [0.3, 0.4) is 0 Å². The quantitative estimate of drug-likeness (QED) is 0.651. The molecule has 0 bridgehead atoms. The van der Waals surface area contributed by atoms with Crippen molar-refractivity contribution in [2.24, 2.45) is 0 Å². The van der Waals surface area contributed by atoms with E-state index in [4.69, 9.17) is 9.15 Å². The summed E-state index contributed by atoms with van der Waals surface area (Å²) in [6, 6.07) is 11.1. The maximum Gasteiger partial charge on any atom is 0.277 e. The number of benzene rings is 1. The van der Waals surface area contributed by atoms with Crippen molar-refractivity contribution in [3.05, 3.63) is 54.4 Å². The van der Waals surface area contributed by atoms with E-state index < -0.39 is 0 Å². The highest BCUT2D eigenvalue weighted by atomic mass is 32.2. The predicted molar refractivity (Wildman–Crippen MR) is 93.1 cm³/mol. The molecule has 0 atom stereocenters. The first-order valence-corrected chi connectivity index (χ1v) is 8.49. The Balaban J connectivity index is 1.46. The molecular formula is C17H16N4O3S. The van der Waals surface area contributed by atoms with Gasteiger partial charge in [0.05, 0.1) is 18.4 Å². The first kappa shape index (κ1) is 17.0. The number of methoxy groups -OCH3 is 1. The van der Waals surface area contributed by atoms with Gasteiger partial charge in [-0.25, -0.2) is 0 Å². The van der Waals surface area contributed by atoms with Crippen LogP contribution < -0.4 is 10.1 Å². The Morgan fingerprint density at radius 3 is 2.80 bits per heavy atom. The molecule has 3 aromatic rings. The van der Waals surface area contributed by atoms with E-state index in [1.165, 1.54) is 11.8 Å². The zero-order valence-corrected chi connectivity index (χ0v) is 14.3. The molecule has 1 amide bonds. The van der Waals surface area contributed by atoms with Gasteiger partial charge in [0, 0.05) is 18.9 Å². The number of pyridine rings is 1. The van der Waals surface area contributed by atoms with E-state index in [1.807, 2.05) is 30.3 Å². The number of aromatic nitrogens is 3. The molecular weight excluding hydrogens is 340 g/mol. The van der Waals surface area contributed by atoms with E-state index in [0.29, 0.717) is 17.7 Å². The van der Waals surface area contributed by atoms with E-state index in [1.54, 1.807) is 25.6 Å². The number of nitrogens with zero attached hydrogens (tertiary/aromatic N) is 3. The van der Waals surface area contributed by atoms with Crippen LogP contribution in [-0.2, 0) is 11.3 Å². The third-order valence-electron chi connectivity index (χ3n) is 3.29. The van der Waals surface area contributed by atoms with Crippen molar-refractivity contribution in [2.75, 3.05) is 12.9 Å². The van der Waals surface area contributed by atoms with Gasteiger partial charge in [0.25, 0.3) is 5.22 Å². The Hall–Kier alpha value is -2.87. The van der Waals surface area contributed by atoms with Crippen molar-refractivity contribution in [2.45, 2.75) is 11.8 Å². The predicted octanol–water partition coefficient (Wildman–Crippen LogP) is 2.55. The van der Waals surface area contributed by atoms with Gasteiger partial charge in [-0.1, -0.05) is 23.9 Å². The summed E-state index contributed by atoms with van der Waals surface area (Å²) >= 11 is 1.19. The molecule has 8 heteroatoms. The lowest BCUT2D eigenvalue weighted by Crippen LogP contribution is -2.24. The maximum atomic E-state index is 11.9. The Labute approximate surface area is 148 Å². The molecule has 0 unspecified atom stereocenters. The van der Waals surface area contributed by atoms with E-state index in [2.05, 4.69) is 20.5 Å². The van der Waals surface area contributed by atoms with Crippen LogP contribution in [0.2, 0.25) is 0 Å². The highest BCUT2D eigenvalue weighted by Crippen LogP contribution is 2.22. The second-order valence-corrected chi connectivity index (χ2v) is 5.95. The molecule has 0 radical (unpaired) electrons. The van der Waals surface area contributed by atoms with E-state index in [9.17, 15) is 4.79 Å². The fourth-order valence-corrected chi connectivity index (χ4v) is 2.59. The smallest absolute Gasteiger partial charge is 0.277 e. The van der Waals surface area contributed by atoms with Gasteiger partial charge in [0.15, 0.2) is 0 Å². The Morgan fingerprint density at radius 2 is 2.08 bits per heavy atom. The largest absolute Gasteiger partial charge is 0.497 e. The molecule has 3 rings (SSSR count). The van der Waals surface area contributed by atoms with Crippen LogP contribution in [0.25, 0.3) is 11.5 Å². The summed E-state index contributed by atoms with van der Waals surface area (Å²) in [5, 5.41) is 11.1. The van der Waals surface area contributed by atoms with Crippen LogP contribution in [0.5, 0.6) is 5.75 Å². The fraction of sp³-hybridized carbons (Fsp3) is 0.176. The second kappa shape index (κ2) is 8.29. The highest BCUT2D eigenvalue weighted by Gasteiger charge is 2.11. The van der Waals surface area contributed by atoms with Crippen molar-refractivity contribution < 1.29 is 13.9 Å². The third-order valence-corrected chi connectivity index (χ3v) is 4.11. The molecule has 0 saturated heterocycles. The van der Waals surface area contributed by atoms with Gasteiger partial charge >= 0.3 is 0 Å². The average molecular weight is 356 g/mol. The van der Waals surface area contributed by atoms with Gasteiger partial charge in [0.1, 0.15) is 5.75 Å². The van der Waals surface area contributed by atoms with Crippen LogP contribution in [0.15, 0.2) is 58.4 Å². The van der Waals surface area contributed by atoms with E-state index in [-0.39, 0.29) is 11.7 Å². The number of hydrogen-bond acceptors (Lipinski definition) is 7. The van der Waals surface area contributed by atoms with Crippen molar-refractivity contribution in [3.8, 4) is 17.2 Å². The van der Waals surface area contributed by atoms with Gasteiger partial charge in [0.2, 0.25) is 11.8 Å². The molecule has 0 saturated carbocycles. The summed E-state index contributed by atoms with van der Waals surface area (Å²) in [5.41, 5.74) is 1.74. The molecule has 0 aliphatic rings. The van der Waals surface area contributed by atoms with E-state index in [0.717, 1.165) is 16.9 Å². The molecule has 25 heavy (non-hydrogen) atoms. The lowest BCUT2D eigenvalue weighted by molar-refractivity contribution is -0.118. The first-order chi connectivity index (χ1) is 12.2. The van der Waals surface area contributed by atoms with Crippen LogP contribution in [0, 0.1) is 0 Å². The number of nitrogens with one attached hydrogen (secondary N) is 1. The lowest BCUT2D eigenvalue weighted by atomic mass is 10.2. The standard InChI is InChI=1S/C17H16N4O3S/c1-23-14-6-4-12(5-7-14)9-19-15(22)11-25-17-21-20-16(24-17)13-3-2-8-18-10-13/h2-8,10H,9,11H2,1H3,(H,19,22). The molecule has 0 aliphatic heterocycles. The fourth-order valence-electron chi connectivity index (χ4n) is 2.00. The number of carbonyl (C=O) groups excluding carboxylic acids is 1. The topological polar surface area (TPSA) is 90.1 Å². The summed E-state index contributed by atoms with van der Waals surface area (Å²) in [6.07, 6.45) is 3.31. The van der Waals surface area contributed by atoms with Gasteiger partial charge in [-0.15, -0.1) is 10.2 Å². The van der Waals surface area contributed by atoms with Crippen LogP contribution in [0.4, 0.5) is 0 Å². The molecule has 7 nitrogen and oxygen atoms in total. The molecule has 1 N–H and O–H groups in total. The van der Waals surface area contributed by atoms with Crippen molar-refractivity contribution in [1.29, 1.82) is 0 Å².